The summed E-state index contributed by atoms with van der Waals surface area (Å²) in [4.78, 5) is 15.1. The number of hydrogen-bond donors (Lipinski definition) is 2. The Bertz CT molecular complexity index is 1000. The lowest BCUT2D eigenvalue weighted by atomic mass is 9.72. The molecule has 189 valence electrons. The number of likely N-dealkylation sites (tertiary alicyclic amines) is 1. The van der Waals surface area contributed by atoms with E-state index < -0.39 is 5.60 Å². The zero-order valence-corrected chi connectivity index (χ0v) is 21.1. The molecular weight excluding hydrogens is 439 g/mol. The number of nitrogens with one attached hydrogen (secondary N) is 1. The van der Waals surface area contributed by atoms with E-state index in [2.05, 4.69) is 19.2 Å². The zero-order valence-electron chi connectivity index (χ0n) is 21.1. The molecule has 0 aliphatic carbocycles. The Morgan fingerprint density at radius 2 is 1.97 bits per heavy atom. The van der Waals surface area contributed by atoms with Crippen LogP contribution in [0.3, 0.4) is 0 Å². The van der Waals surface area contributed by atoms with Gasteiger partial charge in [0.05, 0.1) is 5.60 Å². The van der Waals surface area contributed by atoms with Crippen molar-refractivity contribution >= 4 is 5.91 Å². The summed E-state index contributed by atoms with van der Waals surface area (Å²) >= 11 is 0. The van der Waals surface area contributed by atoms with Crippen LogP contribution >= 0.6 is 0 Å². The molecular formula is C30H40FN2O2. The predicted molar refractivity (Wildman–Crippen MR) is 139 cm³/mol. The molecule has 2 atom stereocenters. The molecule has 2 aromatic rings. The van der Waals surface area contributed by atoms with Crippen molar-refractivity contribution in [2.75, 3.05) is 26.2 Å². The van der Waals surface area contributed by atoms with Crippen LogP contribution in [0.1, 0.15) is 63.0 Å². The van der Waals surface area contributed by atoms with E-state index in [1.807, 2.05) is 35.2 Å². The highest BCUT2D eigenvalue weighted by atomic mass is 19.1. The minimum Gasteiger partial charge on any atom is -0.385 e. The smallest absolute Gasteiger partial charge is 0.222 e. The van der Waals surface area contributed by atoms with Crippen molar-refractivity contribution in [1.29, 1.82) is 0 Å². The Morgan fingerprint density at radius 3 is 2.71 bits per heavy atom. The standard InChI is InChI=1S/C30H40FN2O2/c1-3-15-30(35,25-10-7-18-33(21-25)28(34)20-23-13-16-32-17-14-23)26-11-6-12-27(31)29(26)24-9-5-8-22(4-2)19-24/h5-6,8-9,11-12,19,23,25,32,35H,1,3-4,7,10,13-18,20-21H2,2H3. The summed E-state index contributed by atoms with van der Waals surface area (Å²) in [7, 11) is 0. The van der Waals surface area contributed by atoms with Gasteiger partial charge in [-0.05, 0) is 80.3 Å². The molecule has 1 radical (unpaired) electrons. The third-order valence-electron chi connectivity index (χ3n) is 8.03. The first-order chi connectivity index (χ1) is 17.0. The Morgan fingerprint density at radius 1 is 1.20 bits per heavy atom. The summed E-state index contributed by atoms with van der Waals surface area (Å²) in [5.74, 6) is 0.134. The lowest BCUT2D eigenvalue weighted by molar-refractivity contribution is -0.137. The van der Waals surface area contributed by atoms with E-state index in [0.717, 1.165) is 62.9 Å². The van der Waals surface area contributed by atoms with Crippen LogP contribution < -0.4 is 5.32 Å². The quantitative estimate of drug-likeness (QED) is 0.527. The maximum Gasteiger partial charge on any atom is 0.222 e. The molecule has 2 aliphatic heterocycles. The second-order valence-electron chi connectivity index (χ2n) is 10.3. The van der Waals surface area contributed by atoms with Gasteiger partial charge in [-0.15, -0.1) is 0 Å². The third-order valence-corrected chi connectivity index (χ3v) is 8.03. The van der Waals surface area contributed by atoms with Crippen molar-refractivity contribution < 1.29 is 14.3 Å². The first-order valence-corrected chi connectivity index (χ1v) is 13.3. The number of rotatable bonds is 8. The Labute approximate surface area is 209 Å². The van der Waals surface area contributed by atoms with Gasteiger partial charge in [-0.1, -0.05) is 56.7 Å². The predicted octanol–water partition coefficient (Wildman–Crippen LogP) is 5.49. The van der Waals surface area contributed by atoms with Gasteiger partial charge in [0.2, 0.25) is 5.91 Å². The minimum atomic E-state index is -1.25. The number of hydrogen-bond acceptors (Lipinski definition) is 3. The summed E-state index contributed by atoms with van der Waals surface area (Å²) in [6, 6.07) is 12.9. The summed E-state index contributed by atoms with van der Waals surface area (Å²) in [5.41, 5.74) is 1.75. The van der Waals surface area contributed by atoms with Crippen LogP contribution in [0.2, 0.25) is 0 Å². The number of nitrogens with zero attached hydrogens (tertiary/aromatic N) is 1. The van der Waals surface area contributed by atoms with Gasteiger partial charge in [0.1, 0.15) is 5.82 Å². The van der Waals surface area contributed by atoms with E-state index in [9.17, 15) is 9.90 Å². The zero-order chi connectivity index (χ0) is 24.8. The van der Waals surface area contributed by atoms with E-state index in [0.29, 0.717) is 42.9 Å². The molecule has 2 aromatic carbocycles. The molecule has 2 unspecified atom stereocenters. The van der Waals surface area contributed by atoms with Crippen LogP contribution in [0.15, 0.2) is 42.5 Å². The van der Waals surface area contributed by atoms with Crippen molar-refractivity contribution in [3.05, 3.63) is 66.3 Å². The summed E-state index contributed by atoms with van der Waals surface area (Å²) in [5, 5.41) is 15.6. The number of benzene rings is 2. The number of piperidine rings is 2. The summed E-state index contributed by atoms with van der Waals surface area (Å²) in [6.07, 6.45) is 6.13. The van der Waals surface area contributed by atoms with E-state index in [4.69, 9.17) is 0 Å². The lowest BCUT2D eigenvalue weighted by Gasteiger charge is -2.44. The van der Waals surface area contributed by atoms with Crippen LogP contribution in [0.25, 0.3) is 11.1 Å². The number of halogens is 1. The van der Waals surface area contributed by atoms with Crippen LogP contribution in [0.5, 0.6) is 0 Å². The molecule has 0 saturated carbocycles. The van der Waals surface area contributed by atoms with Gasteiger partial charge in [-0.2, -0.15) is 0 Å². The monoisotopic (exact) mass is 479 g/mol. The second-order valence-corrected chi connectivity index (χ2v) is 10.3. The first-order valence-electron chi connectivity index (χ1n) is 13.3. The highest BCUT2D eigenvalue weighted by molar-refractivity contribution is 5.76. The maximum absolute atomic E-state index is 15.4. The largest absolute Gasteiger partial charge is 0.385 e. The van der Waals surface area contributed by atoms with Crippen molar-refractivity contribution in [1.82, 2.24) is 10.2 Å². The topological polar surface area (TPSA) is 52.6 Å². The van der Waals surface area contributed by atoms with Gasteiger partial charge >= 0.3 is 0 Å². The van der Waals surface area contributed by atoms with Crippen molar-refractivity contribution in [3.8, 4) is 11.1 Å². The van der Waals surface area contributed by atoms with Crippen molar-refractivity contribution in [2.45, 2.75) is 63.9 Å². The molecule has 4 rings (SSSR count). The van der Waals surface area contributed by atoms with Gasteiger partial charge in [-0.3, -0.25) is 4.79 Å². The highest BCUT2D eigenvalue weighted by Gasteiger charge is 2.42. The Kier molecular flexibility index (Phi) is 8.61. The van der Waals surface area contributed by atoms with Crippen LogP contribution in [-0.4, -0.2) is 42.1 Å². The number of aliphatic hydroxyl groups is 1. The summed E-state index contributed by atoms with van der Waals surface area (Å²) < 4.78 is 15.4. The lowest BCUT2D eigenvalue weighted by Crippen LogP contribution is -2.48. The molecule has 0 aromatic heterocycles. The van der Waals surface area contributed by atoms with E-state index >= 15 is 4.39 Å². The minimum absolute atomic E-state index is 0.162. The van der Waals surface area contributed by atoms with Crippen LogP contribution in [-0.2, 0) is 16.8 Å². The first kappa shape index (κ1) is 25.8. The highest BCUT2D eigenvalue weighted by Crippen LogP contribution is 2.44. The maximum atomic E-state index is 15.4. The fourth-order valence-corrected chi connectivity index (χ4v) is 6.01. The number of carbonyl (C=O) groups is 1. The molecule has 5 heteroatoms. The molecule has 0 bridgehead atoms. The average molecular weight is 480 g/mol. The number of carbonyl (C=O) groups excluding carboxylic acids is 1. The molecule has 2 aliphatic rings. The molecule has 35 heavy (non-hydrogen) atoms. The molecule has 2 N–H and O–H groups in total. The average Bonchev–Trinajstić information content (AvgIpc) is 2.89. The van der Waals surface area contributed by atoms with E-state index in [1.165, 1.54) is 6.07 Å². The van der Waals surface area contributed by atoms with Crippen LogP contribution in [0.4, 0.5) is 4.39 Å². The van der Waals surface area contributed by atoms with Gasteiger partial charge in [0.25, 0.3) is 0 Å². The van der Waals surface area contributed by atoms with Gasteiger partial charge < -0.3 is 15.3 Å². The summed E-state index contributed by atoms with van der Waals surface area (Å²) in [6.45, 7) is 9.31. The third kappa shape index (κ3) is 5.78. The van der Waals surface area contributed by atoms with Gasteiger partial charge in [0.15, 0.2) is 0 Å². The Hall–Kier alpha value is -2.24. The van der Waals surface area contributed by atoms with E-state index in [-0.39, 0.29) is 17.6 Å². The van der Waals surface area contributed by atoms with Gasteiger partial charge in [-0.25, -0.2) is 4.39 Å². The molecule has 2 fully saturated rings. The molecule has 0 spiro atoms. The fourth-order valence-electron chi connectivity index (χ4n) is 6.01. The Balaban J connectivity index is 1.64. The molecule has 2 heterocycles. The molecule has 4 nitrogen and oxygen atoms in total. The van der Waals surface area contributed by atoms with Crippen molar-refractivity contribution in [3.63, 3.8) is 0 Å². The number of aryl methyl sites for hydroxylation is 1. The fraction of sp³-hybridized carbons (Fsp3) is 0.533. The van der Waals surface area contributed by atoms with Crippen LogP contribution in [0, 0.1) is 24.6 Å². The van der Waals surface area contributed by atoms with Gasteiger partial charge in [0, 0.05) is 31.0 Å². The van der Waals surface area contributed by atoms with Crippen molar-refractivity contribution in [2.24, 2.45) is 11.8 Å². The SMILES string of the molecule is [CH2]CCC(O)(c1cccc(F)c1-c1cccc(CC)c1)C1CCCN(C(=O)CC2CCNCC2)C1. The number of amides is 1. The van der Waals surface area contributed by atoms with E-state index in [1.54, 1.807) is 6.07 Å². The normalized spacial score (nSPS) is 21.0. The molecule has 1 amide bonds. The molecule has 2 saturated heterocycles. The second kappa shape index (κ2) is 11.7.